The summed E-state index contributed by atoms with van der Waals surface area (Å²) < 4.78 is 22.1. The highest BCUT2D eigenvalue weighted by Crippen LogP contribution is 2.36. The number of carbonyl (C=O) groups is 2. The van der Waals surface area contributed by atoms with E-state index in [-0.39, 0.29) is 6.61 Å². The molecular formula is C22H24O7S. The van der Waals surface area contributed by atoms with Crippen molar-refractivity contribution in [3.05, 3.63) is 66.2 Å². The molecule has 0 bridgehead atoms. The highest BCUT2D eigenvalue weighted by molar-refractivity contribution is 7.99. The van der Waals surface area contributed by atoms with Gasteiger partial charge in [0.25, 0.3) is 0 Å². The number of aliphatic hydroxyl groups is 1. The number of carbonyl (C=O) groups excluding carboxylic acids is 2. The molecule has 2 unspecified atom stereocenters. The third-order valence-corrected chi connectivity index (χ3v) is 5.69. The van der Waals surface area contributed by atoms with E-state index in [2.05, 4.69) is 0 Å². The average Bonchev–Trinajstić information content (AvgIpc) is 2.75. The zero-order valence-electron chi connectivity index (χ0n) is 16.7. The lowest BCUT2D eigenvalue weighted by molar-refractivity contribution is -0.231. The van der Waals surface area contributed by atoms with Crippen LogP contribution in [0.5, 0.6) is 0 Å². The van der Waals surface area contributed by atoms with Crippen LogP contribution < -0.4 is 0 Å². The van der Waals surface area contributed by atoms with Gasteiger partial charge in [-0.1, -0.05) is 60.3 Å². The van der Waals surface area contributed by atoms with E-state index in [0.717, 1.165) is 10.5 Å². The fourth-order valence-electron chi connectivity index (χ4n) is 3.14. The van der Waals surface area contributed by atoms with Crippen LogP contribution in [0, 0.1) is 0 Å². The first-order chi connectivity index (χ1) is 14.5. The Kier molecular flexibility index (Phi) is 7.87. The van der Waals surface area contributed by atoms with E-state index in [1.165, 1.54) is 25.8 Å². The van der Waals surface area contributed by atoms with E-state index < -0.39 is 41.8 Å². The van der Waals surface area contributed by atoms with Crippen molar-refractivity contribution in [3.63, 3.8) is 0 Å². The summed E-state index contributed by atoms with van der Waals surface area (Å²) in [4.78, 5) is 24.9. The van der Waals surface area contributed by atoms with Crippen molar-refractivity contribution in [2.24, 2.45) is 0 Å². The smallest absolute Gasteiger partial charge is 0.337 e. The first-order valence-corrected chi connectivity index (χ1v) is 10.3. The van der Waals surface area contributed by atoms with Gasteiger partial charge in [0.05, 0.1) is 13.7 Å². The van der Waals surface area contributed by atoms with Crippen LogP contribution in [0.25, 0.3) is 0 Å². The number of esters is 2. The number of hydrogen-bond acceptors (Lipinski definition) is 8. The van der Waals surface area contributed by atoms with Crippen molar-refractivity contribution in [1.29, 1.82) is 0 Å². The van der Waals surface area contributed by atoms with Gasteiger partial charge in [0.2, 0.25) is 0 Å². The normalized spacial score (nSPS) is 26.0. The number of ether oxygens (including phenoxy) is 4. The number of aliphatic hydroxyl groups excluding tert-OH is 1. The molecule has 0 saturated carbocycles. The molecule has 2 aromatic rings. The Hall–Kier alpha value is -2.39. The molecule has 0 spiro atoms. The summed E-state index contributed by atoms with van der Waals surface area (Å²) in [7, 11) is 1.22. The first-order valence-electron chi connectivity index (χ1n) is 9.45. The molecule has 5 atom stereocenters. The molecule has 1 fully saturated rings. The lowest BCUT2D eigenvalue weighted by atomic mass is 9.99. The second kappa shape index (κ2) is 10.6. The van der Waals surface area contributed by atoms with Crippen LogP contribution in [0.15, 0.2) is 65.6 Å². The SMILES string of the molecule is COC(=O)C1O[C@@H](Sc2ccccc2)C(OC(C)=O)[C@@H](OCc2ccccc2)[C@H]1O. The second-order valence-electron chi connectivity index (χ2n) is 6.70. The van der Waals surface area contributed by atoms with E-state index in [0.29, 0.717) is 0 Å². The average molecular weight is 432 g/mol. The van der Waals surface area contributed by atoms with Crippen molar-refractivity contribution >= 4 is 23.7 Å². The standard InChI is InChI=1S/C22H24O7S/c1-14(23)28-20-18(27-13-15-9-5-3-6-10-15)17(24)19(21(25)26-2)29-22(20)30-16-11-7-4-8-12-16/h3-12,17-20,22,24H,13H2,1-2H3/t17-,18+,19?,20?,22+/m1/s1. The van der Waals surface area contributed by atoms with E-state index in [1.807, 2.05) is 60.7 Å². The summed E-state index contributed by atoms with van der Waals surface area (Å²) in [6.07, 6.45) is -4.58. The Morgan fingerprint density at radius 2 is 1.67 bits per heavy atom. The van der Waals surface area contributed by atoms with E-state index in [9.17, 15) is 14.7 Å². The van der Waals surface area contributed by atoms with Crippen LogP contribution in [0.1, 0.15) is 12.5 Å². The molecule has 0 amide bonds. The fourth-order valence-corrected chi connectivity index (χ4v) is 4.24. The minimum Gasteiger partial charge on any atom is -0.467 e. The summed E-state index contributed by atoms with van der Waals surface area (Å²) in [6.45, 7) is 1.44. The minimum absolute atomic E-state index is 0.164. The van der Waals surface area contributed by atoms with Crippen LogP contribution in [-0.2, 0) is 35.1 Å². The van der Waals surface area contributed by atoms with Gasteiger partial charge in [-0.3, -0.25) is 4.79 Å². The van der Waals surface area contributed by atoms with Crippen LogP contribution in [0.4, 0.5) is 0 Å². The van der Waals surface area contributed by atoms with Crippen LogP contribution >= 0.6 is 11.8 Å². The molecule has 1 aliphatic rings. The highest BCUT2D eigenvalue weighted by atomic mass is 32.2. The maximum atomic E-state index is 12.2. The lowest BCUT2D eigenvalue weighted by Crippen LogP contribution is -2.61. The second-order valence-corrected chi connectivity index (χ2v) is 7.88. The fraction of sp³-hybridized carbons (Fsp3) is 0.364. The topological polar surface area (TPSA) is 91.3 Å². The van der Waals surface area contributed by atoms with Gasteiger partial charge >= 0.3 is 11.9 Å². The predicted octanol–water partition coefficient (Wildman–Crippen LogP) is 2.55. The summed E-state index contributed by atoms with van der Waals surface area (Å²) in [6, 6.07) is 18.7. The molecule has 2 aromatic carbocycles. The first kappa shape index (κ1) is 22.3. The van der Waals surface area contributed by atoms with Crippen molar-refractivity contribution in [3.8, 4) is 0 Å². The Labute approximate surface area is 179 Å². The summed E-state index contributed by atoms with van der Waals surface area (Å²) >= 11 is 1.28. The van der Waals surface area contributed by atoms with Gasteiger partial charge in [0, 0.05) is 11.8 Å². The minimum atomic E-state index is -1.38. The van der Waals surface area contributed by atoms with Crippen molar-refractivity contribution < 1.29 is 33.6 Å². The molecule has 30 heavy (non-hydrogen) atoms. The molecule has 1 aliphatic heterocycles. The Morgan fingerprint density at radius 3 is 2.27 bits per heavy atom. The van der Waals surface area contributed by atoms with Gasteiger partial charge in [0.1, 0.15) is 17.6 Å². The number of rotatable bonds is 7. The summed E-state index contributed by atoms with van der Waals surface area (Å²) in [5, 5.41) is 10.8. The van der Waals surface area contributed by atoms with Gasteiger partial charge in [-0.15, -0.1) is 0 Å². The molecule has 0 aromatic heterocycles. The third-order valence-electron chi connectivity index (χ3n) is 4.54. The summed E-state index contributed by atoms with van der Waals surface area (Å²) in [5.74, 6) is -1.27. The van der Waals surface area contributed by atoms with Crippen molar-refractivity contribution in [1.82, 2.24) is 0 Å². The van der Waals surface area contributed by atoms with E-state index in [1.54, 1.807) is 0 Å². The Bertz CT molecular complexity index is 830. The van der Waals surface area contributed by atoms with Gasteiger partial charge < -0.3 is 24.1 Å². The predicted molar refractivity (Wildman–Crippen MR) is 110 cm³/mol. The van der Waals surface area contributed by atoms with Gasteiger partial charge in [0.15, 0.2) is 12.2 Å². The van der Waals surface area contributed by atoms with Crippen LogP contribution in [0.3, 0.4) is 0 Å². The molecule has 1 saturated heterocycles. The maximum absolute atomic E-state index is 12.2. The van der Waals surface area contributed by atoms with Crippen molar-refractivity contribution in [2.45, 2.75) is 48.3 Å². The van der Waals surface area contributed by atoms with Crippen molar-refractivity contribution in [2.75, 3.05) is 7.11 Å². The molecule has 7 nitrogen and oxygen atoms in total. The van der Waals surface area contributed by atoms with Gasteiger partial charge in [-0.25, -0.2) is 4.79 Å². The zero-order chi connectivity index (χ0) is 21.5. The van der Waals surface area contributed by atoms with E-state index in [4.69, 9.17) is 18.9 Å². The maximum Gasteiger partial charge on any atom is 0.337 e. The molecule has 160 valence electrons. The molecule has 0 aliphatic carbocycles. The van der Waals surface area contributed by atoms with Crippen LogP contribution in [-0.4, -0.2) is 54.0 Å². The van der Waals surface area contributed by atoms with Gasteiger partial charge in [-0.05, 0) is 17.7 Å². The third kappa shape index (κ3) is 5.60. The Morgan fingerprint density at radius 1 is 1.03 bits per heavy atom. The monoisotopic (exact) mass is 432 g/mol. The molecule has 8 heteroatoms. The molecule has 1 heterocycles. The summed E-state index contributed by atoms with van der Waals surface area (Å²) in [5.41, 5.74) is 0.0872. The molecule has 1 N–H and O–H groups in total. The number of methoxy groups -OCH3 is 1. The molecular weight excluding hydrogens is 408 g/mol. The van der Waals surface area contributed by atoms with Crippen LogP contribution in [0.2, 0.25) is 0 Å². The highest BCUT2D eigenvalue weighted by Gasteiger charge is 2.51. The molecule has 0 radical (unpaired) electrons. The number of hydrogen-bond donors (Lipinski definition) is 1. The lowest BCUT2D eigenvalue weighted by Gasteiger charge is -2.42. The zero-order valence-corrected chi connectivity index (χ0v) is 17.5. The molecule has 3 rings (SSSR count). The van der Waals surface area contributed by atoms with E-state index >= 15 is 0 Å². The number of benzene rings is 2. The largest absolute Gasteiger partial charge is 0.467 e. The van der Waals surface area contributed by atoms with Gasteiger partial charge in [-0.2, -0.15) is 0 Å². The Balaban J connectivity index is 1.88. The quantitative estimate of drug-likeness (QED) is 0.668. The number of thioether (sulfide) groups is 1.